The maximum Gasteiger partial charge on any atom is 0.340 e. The molecule has 9 heavy (non-hydrogen) atoms. The molecule has 3 N–H and O–H groups in total. The molecular formula is C4H8O5. The van der Waals surface area contributed by atoms with Gasteiger partial charge >= 0.3 is 5.97 Å². The molecule has 5 heteroatoms. The first-order valence-corrected chi connectivity index (χ1v) is 2.21. The highest BCUT2D eigenvalue weighted by Crippen LogP contribution is 1.90. The second-order valence-electron chi connectivity index (χ2n) is 1.38. The molecule has 5 nitrogen and oxygen atoms in total. The van der Waals surface area contributed by atoms with Gasteiger partial charge in [0, 0.05) is 0 Å². The van der Waals surface area contributed by atoms with Crippen molar-refractivity contribution in [2.24, 2.45) is 0 Å². The molecule has 0 aliphatic rings. The third kappa shape index (κ3) is 2.41. The van der Waals surface area contributed by atoms with E-state index in [1.54, 1.807) is 0 Å². The zero-order valence-corrected chi connectivity index (χ0v) is 4.81. The smallest absolute Gasteiger partial charge is 0.340 e. The average molecular weight is 136 g/mol. The van der Waals surface area contributed by atoms with Crippen LogP contribution in [-0.4, -0.2) is 40.8 Å². The summed E-state index contributed by atoms with van der Waals surface area (Å²) in [4.78, 5) is 10.2. The van der Waals surface area contributed by atoms with Crippen molar-refractivity contribution in [1.29, 1.82) is 0 Å². The van der Waals surface area contributed by atoms with E-state index < -0.39 is 18.4 Å². The van der Waals surface area contributed by atoms with Crippen LogP contribution in [0.5, 0.6) is 0 Å². The zero-order valence-electron chi connectivity index (χ0n) is 4.81. The lowest BCUT2D eigenvalue weighted by molar-refractivity contribution is -0.175. The van der Waals surface area contributed by atoms with Crippen molar-refractivity contribution in [2.75, 3.05) is 7.11 Å². The summed E-state index contributed by atoms with van der Waals surface area (Å²) in [5.74, 6) is -1.06. The fraction of sp³-hybridized carbons (Fsp3) is 0.750. The molecule has 0 unspecified atom stereocenters. The van der Waals surface area contributed by atoms with Crippen LogP contribution in [0.2, 0.25) is 0 Å². The summed E-state index contributed by atoms with van der Waals surface area (Å²) in [5.41, 5.74) is 0. The quantitative estimate of drug-likeness (QED) is 0.297. The van der Waals surface area contributed by atoms with Gasteiger partial charge in [0.2, 0.25) is 6.10 Å². The molecule has 0 aromatic carbocycles. The first-order chi connectivity index (χ1) is 4.09. The van der Waals surface area contributed by atoms with Gasteiger partial charge in [-0.05, 0) is 0 Å². The van der Waals surface area contributed by atoms with Crippen LogP contribution in [0.4, 0.5) is 0 Å². The molecule has 0 amide bonds. The van der Waals surface area contributed by atoms with Gasteiger partial charge in [0.05, 0.1) is 7.11 Å². The Morgan fingerprint density at radius 1 is 1.44 bits per heavy atom. The van der Waals surface area contributed by atoms with Crippen LogP contribution in [0.1, 0.15) is 0 Å². The number of hydrogen-bond acceptors (Lipinski definition) is 5. The molecule has 0 heterocycles. The van der Waals surface area contributed by atoms with Crippen molar-refractivity contribution < 1.29 is 24.9 Å². The largest absolute Gasteiger partial charge is 0.467 e. The van der Waals surface area contributed by atoms with E-state index in [2.05, 4.69) is 4.74 Å². The Morgan fingerprint density at radius 2 is 1.89 bits per heavy atom. The molecule has 0 aromatic rings. The van der Waals surface area contributed by atoms with Crippen molar-refractivity contribution in [2.45, 2.75) is 12.4 Å². The summed E-state index contributed by atoms with van der Waals surface area (Å²) in [7, 11) is 1.04. The predicted octanol–water partition coefficient (Wildman–Crippen LogP) is -2.17. The third-order valence-electron chi connectivity index (χ3n) is 0.725. The minimum absolute atomic E-state index is 1.04. The molecule has 0 rings (SSSR count). The molecule has 0 spiro atoms. The summed E-state index contributed by atoms with van der Waals surface area (Å²) in [6.45, 7) is 0. The Bertz CT molecular complexity index is 99.1. The maximum absolute atomic E-state index is 10.2. The number of methoxy groups -OCH3 is 1. The normalized spacial score (nSPS) is 13.4. The Morgan fingerprint density at radius 3 is 2.00 bits per heavy atom. The molecule has 0 fully saturated rings. The van der Waals surface area contributed by atoms with Gasteiger partial charge in [0.25, 0.3) is 0 Å². The molecule has 0 bridgehead atoms. The predicted molar refractivity (Wildman–Crippen MR) is 26.2 cm³/mol. The molecule has 54 valence electrons. The van der Waals surface area contributed by atoms with Gasteiger partial charge < -0.3 is 20.1 Å². The van der Waals surface area contributed by atoms with Gasteiger partial charge in [0.1, 0.15) is 0 Å². The lowest BCUT2D eigenvalue weighted by Crippen LogP contribution is -2.34. The number of esters is 1. The summed E-state index contributed by atoms with van der Waals surface area (Å²) < 4.78 is 3.96. The average Bonchev–Trinajstić information content (AvgIpc) is 1.84. The topological polar surface area (TPSA) is 87.0 Å². The molecule has 0 aromatic heterocycles. The number of aliphatic hydroxyl groups is 3. The first-order valence-electron chi connectivity index (χ1n) is 2.21. The van der Waals surface area contributed by atoms with Crippen molar-refractivity contribution in [3.8, 4) is 0 Å². The molecular weight excluding hydrogens is 128 g/mol. The van der Waals surface area contributed by atoms with Crippen LogP contribution >= 0.6 is 0 Å². The maximum atomic E-state index is 10.2. The van der Waals surface area contributed by atoms with Crippen molar-refractivity contribution in [3.05, 3.63) is 0 Å². The van der Waals surface area contributed by atoms with Crippen molar-refractivity contribution in [1.82, 2.24) is 0 Å². The van der Waals surface area contributed by atoms with Gasteiger partial charge in [-0.3, -0.25) is 0 Å². The van der Waals surface area contributed by atoms with Crippen molar-refractivity contribution in [3.63, 3.8) is 0 Å². The van der Waals surface area contributed by atoms with E-state index in [1.165, 1.54) is 0 Å². The fourth-order valence-electron chi connectivity index (χ4n) is 0.242. The summed E-state index contributed by atoms with van der Waals surface area (Å²) >= 11 is 0. The van der Waals surface area contributed by atoms with Gasteiger partial charge in [-0.2, -0.15) is 0 Å². The van der Waals surface area contributed by atoms with E-state index in [9.17, 15) is 4.79 Å². The van der Waals surface area contributed by atoms with Crippen LogP contribution in [0.25, 0.3) is 0 Å². The van der Waals surface area contributed by atoms with Crippen LogP contribution in [-0.2, 0) is 9.53 Å². The van der Waals surface area contributed by atoms with Gasteiger partial charge in [-0.25, -0.2) is 4.79 Å². The number of aliphatic hydroxyl groups excluding tert-OH is 2. The minimum Gasteiger partial charge on any atom is -0.467 e. The summed E-state index contributed by atoms with van der Waals surface area (Å²) in [6.07, 6.45) is -3.94. The highest BCUT2D eigenvalue weighted by molar-refractivity contribution is 5.74. The van der Waals surface area contributed by atoms with Crippen LogP contribution < -0.4 is 0 Å². The Hall–Kier alpha value is -0.650. The Balaban J connectivity index is 3.72. The van der Waals surface area contributed by atoms with Gasteiger partial charge in [0.15, 0.2) is 6.29 Å². The lowest BCUT2D eigenvalue weighted by Gasteiger charge is -2.08. The van der Waals surface area contributed by atoms with E-state index in [4.69, 9.17) is 15.3 Å². The van der Waals surface area contributed by atoms with Crippen LogP contribution in [0, 0.1) is 0 Å². The number of ether oxygens (including phenoxy) is 1. The minimum atomic E-state index is -2.07. The number of carbonyl (C=O) groups excluding carboxylic acids is 1. The van der Waals surface area contributed by atoms with Crippen LogP contribution in [0.3, 0.4) is 0 Å². The summed E-state index contributed by atoms with van der Waals surface area (Å²) in [6, 6.07) is 0. The first kappa shape index (κ1) is 8.35. The number of rotatable bonds is 2. The van der Waals surface area contributed by atoms with Gasteiger partial charge in [-0.1, -0.05) is 0 Å². The Labute approximate surface area is 51.5 Å². The highest BCUT2D eigenvalue weighted by Gasteiger charge is 2.22. The Kier molecular flexibility index (Phi) is 3.15. The number of carbonyl (C=O) groups is 1. The third-order valence-corrected chi connectivity index (χ3v) is 0.725. The zero-order chi connectivity index (χ0) is 7.44. The van der Waals surface area contributed by atoms with E-state index in [-0.39, 0.29) is 0 Å². The van der Waals surface area contributed by atoms with E-state index in [0.29, 0.717) is 0 Å². The molecule has 0 saturated heterocycles. The second kappa shape index (κ2) is 3.39. The SMILES string of the molecule is COC(=O)[C@H](O)C(O)O. The number of hydrogen-bond donors (Lipinski definition) is 3. The highest BCUT2D eigenvalue weighted by atomic mass is 16.6. The standard InChI is InChI=1S/C4H8O5/c1-9-4(8)2(5)3(6)7/h2-3,5-7H,1H3/t2-/m1/s1. The van der Waals surface area contributed by atoms with Gasteiger partial charge in [-0.15, -0.1) is 0 Å². The fourth-order valence-corrected chi connectivity index (χ4v) is 0.242. The van der Waals surface area contributed by atoms with E-state index in [1.807, 2.05) is 0 Å². The van der Waals surface area contributed by atoms with E-state index >= 15 is 0 Å². The van der Waals surface area contributed by atoms with Crippen molar-refractivity contribution >= 4 is 5.97 Å². The van der Waals surface area contributed by atoms with E-state index in [0.717, 1.165) is 7.11 Å². The lowest BCUT2D eigenvalue weighted by atomic mass is 10.3. The summed E-state index contributed by atoms with van der Waals surface area (Å²) in [5, 5.41) is 24.7. The molecule has 0 saturated carbocycles. The molecule has 0 radical (unpaired) electrons. The molecule has 0 aliphatic carbocycles. The monoisotopic (exact) mass is 136 g/mol. The van der Waals surface area contributed by atoms with Crippen LogP contribution in [0.15, 0.2) is 0 Å². The molecule has 0 aliphatic heterocycles. The molecule has 1 atom stereocenters. The second-order valence-corrected chi connectivity index (χ2v) is 1.38.